The highest BCUT2D eigenvalue weighted by molar-refractivity contribution is 5.88. The van der Waals surface area contributed by atoms with Crippen LogP contribution in [0.1, 0.15) is 44.3 Å². The summed E-state index contributed by atoms with van der Waals surface area (Å²) in [5.74, 6) is 0.858. The van der Waals surface area contributed by atoms with E-state index in [1.54, 1.807) is 0 Å². The fourth-order valence-corrected chi connectivity index (χ4v) is 2.92. The maximum atomic E-state index is 6.05. The molecular weight excluding hydrogens is 252 g/mol. The van der Waals surface area contributed by atoms with Crippen molar-refractivity contribution in [2.75, 3.05) is 25.9 Å². The van der Waals surface area contributed by atoms with Gasteiger partial charge in [-0.25, -0.2) is 14.6 Å². The Morgan fingerprint density at radius 1 is 1.25 bits per heavy atom. The molecule has 3 rings (SSSR count). The van der Waals surface area contributed by atoms with E-state index >= 15 is 0 Å². The Balaban J connectivity index is 2.09. The quantitative estimate of drug-likeness (QED) is 0.904. The molecule has 1 fully saturated rings. The lowest BCUT2D eigenvalue weighted by molar-refractivity contribution is 0.214. The third-order valence-electron chi connectivity index (χ3n) is 4.13. The van der Waals surface area contributed by atoms with E-state index in [4.69, 9.17) is 10.8 Å². The van der Waals surface area contributed by atoms with E-state index in [0.29, 0.717) is 17.8 Å². The van der Waals surface area contributed by atoms with Crippen molar-refractivity contribution in [1.29, 1.82) is 0 Å². The van der Waals surface area contributed by atoms with Crippen LogP contribution in [0.3, 0.4) is 0 Å². The molecule has 0 aromatic carbocycles. The maximum absolute atomic E-state index is 6.05. The number of hydrogen-bond acceptors (Lipinski definition) is 5. The minimum Gasteiger partial charge on any atom is -0.383 e. The molecule has 2 aromatic heterocycles. The number of nitrogen functional groups attached to an aromatic ring is 1. The summed E-state index contributed by atoms with van der Waals surface area (Å²) in [4.78, 5) is 10.9. The van der Waals surface area contributed by atoms with Crippen LogP contribution < -0.4 is 5.73 Å². The Morgan fingerprint density at radius 3 is 2.60 bits per heavy atom. The summed E-state index contributed by atoms with van der Waals surface area (Å²) in [7, 11) is 2.16. The Morgan fingerprint density at radius 2 is 1.95 bits per heavy atom. The third kappa shape index (κ3) is 2.14. The van der Waals surface area contributed by atoms with Crippen LogP contribution in [0.25, 0.3) is 11.0 Å². The first-order valence-corrected chi connectivity index (χ1v) is 7.25. The standard InChI is InChI=1S/C14H22N6/c1-9(2)12-11-13(15)16-8-17-14(11)20(18-12)10-4-6-19(3)7-5-10/h8-10H,4-7H2,1-3H3,(H2,15,16,17). The van der Waals surface area contributed by atoms with Crippen molar-refractivity contribution in [3.63, 3.8) is 0 Å². The lowest BCUT2D eigenvalue weighted by atomic mass is 10.1. The van der Waals surface area contributed by atoms with E-state index in [0.717, 1.165) is 42.7 Å². The molecule has 20 heavy (non-hydrogen) atoms. The van der Waals surface area contributed by atoms with Gasteiger partial charge in [-0.3, -0.25) is 0 Å². The Labute approximate surface area is 119 Å². The molecule has 1 aliphatic rings. The normalized spacial score (nSPS) is 18.2. The highest BCUT2D eigenvalue weighted by Gasteiger charge is 2.25. The monoisotopic (exact) mass is 274 g/mol. The zero-order chi connectivity index (χ0) is 14.3. The van der Waals surface area contributed by atoms with Gasteiger partial charge in [-0.2, -0.15) is 5.10 Å². The first kappa shape index (κ1) is 13.3. The van der Waals surface area contributed by atoms with Crippen LogP contribution >= 0.6 is 0 Å². The Kier molecular flexibility index (Phi) is 3.33. The van der Waals surface area contributed by atoms with Gasteiger partial charge in [0, 0.05) is 0 Å². The van der Waals surface area contributed by atoms with Crippen LogP contribution in [0.5, 0.6) is 0 Å². The highest BCUT2D eigenvalue weighted by Crippen LogP contribution is 2.31. The molecule has 108 valence electrons. The molecule has 0 radical (unpaired) electrons. The van der Waals surface area contributed by atoms with Gasteiger partial charge in [-0.05, 0) is 38.9 Å². The Hall–Kier alpha value is -1.69. The third-order valence-corrected chi connectivity index (χ3v) is 4.13. The lowest BCUT2D eigenvalue weighted by Gasteiger charge is -2.29. The van der Waals surface area contributed by atoms with Crippen LogP contribution in [0.2, 0.25) is 0 Å². The van der Waals surface area contributed by atoms with Crippen LogP contribution in [0, 0.1) is 0 Å². The van der Waals surface area contributed by atoms with Crippen molar-refractivity contribution in [3.8, 4) is 0 Å². The van der Waals surface area contributed by atoms with Crippen molar-refractivity contribution in [2.45, 2.75) is 38.6 Å². The number of rotatable bonds is 2. The van der Waals surface area contributed by atoms with Crippen molar-refractivity contribution in [3.05, 3.63) is 12.0 Å². The van der Waals surface area contributed by atoms with Crippen molar-refractivity contribution >= 4 is 16.9 Å². The lowest BCUT2D eigenvalue weighted by Crippen LogP contribution is -2.32. The van der Waals surface area contributed by atoms with E-state index in [2.05, 4.69) is 40.4 Å². The van der Waals surface area contributed by atoms with Crippen LogP contribution in [0.4, 0.5) is 5.82 Å². The second-order valence-electron chi connectivity index (χ2n) is 5.98. The van der Waals surface area contributed by atoms with Gasteiger partial charge < -0.3 is 10.6 Å². The number of fused-ring (bicyclic) bond motifs is 1. The molecule has 6 nitrogen and oxygen atoms in total. The van der Waals surface area contributed by atoms with Crippen LogP contribution in [-0.4, -0.2) is 44.8 Å². The SMILES string of the molecule is CC(C)c1nn(C2CCN(C)CC2)c2ncnc(N)c12. The zero-order valence-electron chi connectivity index (χ0n) is 12.4. The summed E-state index contributed by atoms with van der Waals surface area (Å²) in [6, 6.07) is 0.412. The minimum absolute atomic E-state index is 0.318. The average molecular weight is 274 g/mol. The predicted octanol–water partition coefficient (Wildman–Crippen LogP) is 1.80. The topological polar surface area (TPSA) is 72.9 Å². The molecule has 2 N–H and O–H groups in total. The summed E-state index contributed by atoms with van der Waals surface area (Å²) in [6.07, 6.45) is 3.75. The molecule has 0 spiro atoms. The zero-order valence-corrected chi connectivity index (χ0v) is 12.4. The maximum Gasteiger partial charge on any atom is 0.163 e. The fourth-order valence-electron chi connectivity index (χ4n) is 2.92. The predicted molar refractivity (Wildman–Crippen MR) is 79.6 cm³/mol. The number of hydrogen-bond donors (Lipinski definition) is 1. The van der Waals surface area contributed by atoms with Gasteiger partial charge in [0.25, 0.3) is 0 Å². The van der Waals surface area contributed by atoms with Gasteiger partial charge in [0.1, 0.15) is 12.1 Å². The fraction of sp³-hybridized carbons (Fsp3) is 0.643. The smallest absolute Gasteiger partial charge is 0.163 e. The second kappa shape index (κ2) is 5.01. The van der Waals surface area contributed by atoms with Gasteiger partial charge in [-0.15, -0.1) is 0 Å². The number of aromatic nitrogens is 4. The van der Waals surface area contributed by atoms with E-state index < -0.39 is 0 Å². The first-order valence-electron chi connectivity index (χ1n) is 7.25. The summed E-state index contributed by atoms with van der Waals surface area (Å²) < 4.78 is 2.08. The van der Waals surface area contributed by atoms with E-state index in [1.165, 1.54) is 6.33 Å². The molecule has 3 heterocycles. The summed E-state index contributed by atoms with van der Waals surface area (Å²) in [5, 5.41) is 5.75. The first-order chi connectivity index (χ1) is 9.58. The summed E-state index contributed by atoms with van der Waals surface area (Å²) in [6.45, 7) is 6.47. The van der Waals surface area contributed by atoms with Crippen molar-refractivity contribution in [1.82, 2.24) is 24.6 Å². The van der Waals surface area contributed by atoms with Crippen LogP contribution in [0.15, 0.2) is 6.33 Å². The number of piperidine rings is 1. The van der Waals surface area contributed by atoms with Gasteiger partial charge in [0.05, 0.1) is 17.1 Å². The van der Waals surface area contributed by atoms with E-state index in [-0.39, 0.29) is 0 Å². The van der Waals surface area contributed by atoms with Crippen molar-refractivity contribution < 1.29 is 0 Å². The number of anilines is 1. The number of nitrogens with two attached hydrogens (primary N) is 1. The number of nitrogens with zero attached hydrogens (tertiary/aromatic N) is 5. The molecule has 0 atom stereocenters. The molecule has 0 bridgehead atoms. The van der Waals surface area contributed by atoms with Gasteiger partial charge >= 0.3 is 0 Å². The molecule has 0 saturated carbocycles. The van der Waals surface area contributed by atoms with E-state index in [9.17, 15) is 0 Å². The average Bonchev–Trinajstić information content (AvgIpc) is 2.81. The molecule has 2 aromatic rings. The van der Waals surface area contributed by atoms with Gasteiger partial charge in [0.2, 0.25) is 0 Å². The molecule has 0 amide bonds. The molecule has 0 aliphatic carbocycles. The van der Waals surface area contributed by atoms with Gasteiger partial charge in [-0.1, -0.05) is 13.8 Å². The molecule has 1 aliphatic heterocycles. The second-order valence-corrected chi connectivity index (χ2v) is 5.98. The van der Waals surface area contributed by atoms with Crippen molar-refractivity contribution in [2.24, 2.45) is 0 Å². The van der Waals surface area contributed by atoms with Gasteiger partial charge in [0.15, 0.2) is 5.65 Å². The largest absolute Gasteiger partial charge is 0.383 e. The molecular formula is C14H22N6. The highest BCUT2D eigenvalue weighted by atomic mass is 15.3. The molecule has 1 saturated heterocycles. The van der Waals surface area contributed by atoms with Crippen LogP contribution in [-0.2, 0) is 0 Å². The molecule has 6 heteroatoms. The molecule has 0 unspecified atom stereocenters. The minimum atomic E-state index is 0.318. The van der Waals surface area contributed by atoms with E-state index in [1.807, 2.05) is 0 Å². The number of likely N-dealkylation sites (tertiary alicyclic amines) is 1. The summed E-state index contributed by atoms with van der Waals surface area (Å²) in [5.41, 5.74) is 7.94. The Bertz CT molecular complexity index is 609. The summed E-state index contributed by atoms with van der Waals surface area (Å²) >= 11 is 0.